The fraction of sp³-hybridized carbons (Fsp3) is 0.200. The van der Waals surface area contributed by atoms with Crippen molar-refractivity contribution in [3.8, 4) is 0 Å². The summed E-state index contributed by atoms with van der Waals surface area (Å²) in [7, 11) is 0. The van der Waals surface area contributed by atoms with Gasteiger partial charge in [0, 0.05) is 9.86 Å². The molecule has 0 aliphatic carbocycles. The Kier molecular flexibility index (Phi) is 2.48. The smallest absolute Gasteiger partial charge is 0.325 e. The number of halogens is 1. The molecule has 0 saturated carbocycles. The van der Waals surface area contributed by atoms with E-state index in [1.54, 1.807) is 0 Å². The molecule has 1 aromatic carbocycles. The Morgan fingerprint density at radius 3 is 3.00 bits per heavy atom. The summed E-state index contributed by atoms with van der Waals surface area (Å²) >= 11 is 3.37. The molecule has 1 N–H and O–H groups in total. The van der Waals surface area contributed by atoms with Gasteiger partial charge in [0.15, 0.2) is 0 Å². The van der Waals surface area contributed by atoms with E-state index >= 15 is 0 Å². The van der Waals surface area contributed by atoms with Gasteiger partial charge in [0.2, 0.25) is 0 Å². The molecule has 4 nitrogen and oxygen atoms in total. The van der Waals surface area contributed by atoms with E-state index < -0.39 is 5.97 Å². The number of carbonyl (C=O) groups is 1. The third kappa shape index (κ3) is 1.87. The number of aliphatic carboxylic acids is 1. The van der Waals surface area contributed by atoms with Crippen LogP contribution in [0, 0.1) is 6.92 Å². The number of hydrogen-bond acceptors (Lipinski definition) is 2. The first-order chi connectivity index (χ1) is 7.08. The second-order valence-electron chi connectivity index (χ2n) is 3.30. The van der Waals surface area contributed by atoms with Crippen molar-refractivity contribution in [1.82, 2.24) is 9.78 Å². The maximum atomic E-state index is 10.6. The zero-order valence-corrected chi connectivity index (χ0v) is 9.65. The van der Waals surface area contributed by atoms with Crippen molar-refractivity contribution in [1.29, 1.82) is 0 Å². The van der Waals surface area contributed by atoms with Crippen molar-refractivity contribution >= 4 is 32.8 Å². The van der Waals surface area contributed by atoms with Crippen LogP contribution in [0.4, 0.5) is 0 Å². The third-order valence-electron chi connectivity index (χ3n) is 2.18. The Balaban J connectivity index is 2.62. The summed E-state index contributed by atoms with van der Waals surface area (Å²) in [6.45, 7) is 1.76. The average molecular weight is 269 g/mol. The molecule has 0 amide bonds. The second kappa shape index (κ2) is 3.66. The standard InChI is InChI=1S/C10H9BrN2O2/c1-6-8-4-7(11)2-3-9(8)13(12-6)5-10(14)15/h2-4H,5H2,1H3,(H,14,15). The van der Waals surface area contributed by atoms with E-state index in [9.17, 15) is 4.79 Å². The van der Waals surface area contributed by atoms with Gasteiger partial charge in [-0.2, -0.15) is 5.10 Å². The van der Waals surface area contributed by atoms with Gasteiger partial charge in [-0.1, -0.05) is 15.9 Å². The number of fused-ring (bicyclic) bond motifs is 1. The molecule has 0 spiro atoms. The molecule has 0 fully saturated rings. The highest BCUT2D eigenvalue weighted by molar-refractivity contribution is 9.10. The Labute approximate surface area is 94.6 Å². The number of carboxylic acids is 1. The molecule has 0 aliphatic rings. The number of benzene rings is 1. The second-order valence-corrected chi connectivity index (χ2v) is 4.21. The van der Waals surface area contributed by atoms with Crippen molar-refractivity contribution in [2.24, 2.45) is 0 Å². The SMILES string of the molecule is Cc1nn(CC(=O)O)c2ccc(Br)cc12. The summed E-state index contributed by atoms with van der Waals surface area (Å²) < 4.78 is 2.47. The number of aryl methyl sites for hydroxylation is 1. The molecule has 78 valence electrons. The van der Waals surface area contributed by atoms with Gasteiger partial charge in [0.25, 0.3) is 0 Å². The van der Waals surface area contributed by atoms with E-state index in [-0.39, 0.29) is 6.54 Å². The van der Waals surface area contributed by atoms with Crippen molar-refractivity contribution in [2.75, 3.05) is 0 Å². The molecule has 2 aromatic rings. The Morgan fingerprint density at radius 1 is 1.60 bits per heavy atom. The van der Waals surface area contributed by atoms with Crippen LogP contribution in [0.25, 0.3) is 10.9 Å². The Morgan fingerprint density at radius 2 is 2.33 bits per heavy atom. The van der Waals surface area contributed by atoms with Crippen LogP contribution in [0.2, 0.25) is 0 Å². The minimum absolute atomic E-state index is 0.105. The average Bonchev–Trinajstić information content (AvgIpc) is 2.42. The van der Waals surface area contributed by atoms with E-state index in [1.807, 2.05) is 25.1 Å². The highest BCUT2D eigenvalue weighted by atomic mass is 79.9. The van der Waals surface area contributed by atoms with Crippen LogP contribution in [-0.4, -0.2) is 20.9 Å². The predicted octanol–water partition coefficient (Wildman–Crippen LogP) is 2.19. The largest absolute Gasteiger partial charge is 0.480 e. The fourth-order valence-corrected chi connectivity index (χ4v) is 1.92. The molecule has 0 saturated heterocycles. The maximum Gasteiger partial charge on any atom is 0.325 e. The van der Waals surface area contributed by atoms with Gasteiger partial charge in [0.1, 0.15) is 6.54 Å². The molecule has 0 aliphatic heterocycles. The summed E-state index contributed by atoms with van der Waals surface area (Å²) in [6, 6.07) is 5.68. The number of nitrogens with zero attached hydrogens (tertiary/aromatic N) is 2. The van der Waals surface area contributed by atoms with E-state index in [4.69, 9.17) is 5.11 Å². The van der Waals surface area contributed by atoms with Crippen LogP contribution in [0.3, 0.4) is 0 Å². The summed E-state index contributed by atoms with van der Waals surface area (Å²) in [4.78, 5) is 10.6. The van der Waals surface area contributed by atoms with Crippen LogP contribution in [0.15, 0.2) is 22.7 Å². The first-order valence-electron chi connectivity index (χ1n) is 4.42. The quantitative estimate of drug-likeness (QED) is 0.909. The fourth-order valence-electron chi connectivity index (χ4n) is 1.56. The summed E-state index contributed by atoms with van der Waals surface area (Å²) in [5, 5.41) is 13.9. The molecule has 1 heterocycles. The topological polar surface area (TPSA) is 55.1 Å². The molecule has 0 atom stereocenters. The predicted molar refractivity (Wildman–Crippen MR) is 59.8 cm³/mol. The molecule has 0 unspecified atom stereocenters. The third-order valence-corrected chi connectivity index (χ3v) is 2.68. The Hall–Kier alpha value is -1.36. The lowest BCUT2D eigenvalue weighted by atomic mass is 10.2. The van der Waals surface area contributed by atoms with E-state index in [0.717, 1.165) is 21.1 Å². The molecule has 15 heavy (non-hydrogen) atoms. The lowest BCUT2D eigenvalue weighted by molar-refractivity contribution is -0.137. The first kappa shape index (κ1) is 10.2. The zero-order valence-electron chi connectivity index (χ0n) is 8.07. The van der Waals surface area contributed by atoms with Crippen molar-refractivity contribution in [2.45, 2.75) is 13.5 Å². The normalized spacial score (nSPS) is 10.8. The van der Waals surface area contributed by atoms with Crippen LogP contribution in [0.5, 0.6) is 0 Å². The van der Waals surface area contributed by atoms with Gasteiger partial charge >= 0.3 is 5.97 Å². The molecular weight excluding hydrogens is 260 g/mol. The zero-order chi connectivity index (χ0) is 11.0. The molecule has 1 aromatic heterocycles. The molecule has 2 rings (SSSR count). The van der Waals surface area contributed by atoms with E-state index in [1.165, 1.54) is 4.68 Å². The van der Waals surface area contributed by atoms with Crippen molar-refractivity contribution < 1.29 is 9.90 Å². The van der Waals surface area contributed by atoms with Crippen LogP contribution in [0.1, 0.15) is 5.69 Å². The van der Waals surface area contributed by atoms with Crippen molar-refractivity contribution in [3.63, 3.8) is 0 Å². The number of hydrogen-bond donors (Lipinski definition) is 1. The number of aromatic nitrogens is 2. The molecular formula is C10H9BrN2O2. The van der Waals surface area contributed by atoms with Crippen LogP contribution in [-0.2, 0) is 11.3 Å². The highest BCUT2D eigenvalue weighted by Gasteiger charge is 2.09. The first-order valence-corrected chi connectivity index (χ1v) is 5.21. The molecule has 0 bridgehead atoms. The lowest BCUT2D eigenvalue weighted by Crippen LogP contribution is -2.09. The van der Waals surface area contributed by atoms with Crippen molar-refractivity contribution in [3.05, 3.63) is 28.4 Å². The number of carboxylic acid groups (broad SMARTS) is 1. The Bertz CT molecular complexity index is 533. The molecule has 0 radical (unpaired) electrons. The van der Waals surface area contributed by atoms with Crippen LogP contribution >= 0.6 is 15.9 Å². The van der Waals surface area contributed by atoms with Gasteiger partial charge in [-0.15, -0.1) is 0 Å². The minimum Gasteiger partial charge on any atom is -0.480 e. The van der Waals surface area contributed by atoms with Gasteiger partial charge in [-0.05, 0) is 25.1 Å². The monoisotopic (exact) mass is 268 g/mol. The van der Waals surface area contributed by atoms with Crippen LogP contribution < -0.4 is 0 Å². The van der Waals surface area contributed by atoms with Gasteiger partial charge in [-0.3, -0.25) is 9.48 Å². The summed E-state index contributed by atoms with van der Waals surface area (Å²) in [5.41, 5.74) is 1.69. The molecule has 5 heteroatoms. The van der Waals surface area contributed by atoms with E-state index in [0.29, 0.717) is 0 Å². The van der Waals surface area contributed by atoms with E-state index in [2.05, 4.69) is 21.0 Å². The van der Waals surface area contributed by atoms with Gasteiger partial charge < -0.3 is 5.11 Å². The minimum atomic E-state index is -0.887. The summed E-state index contributed by atoms with van der Waals surface area (Å²) in [6.07, 6.45) is 0. The summed E-state index contributed by atoms with van der Waals surface area (Å²) in [5.74, 6) is -0.887. The van der Waals surface area contributed by atoms with Gasteiger partial charge in [0.05, 0.1) is 11.2 Å². The number of rotatable bonds is 2. The maximum absolute atomic E-state index is 10.6. The lowest BCUT2D eigenvalue weighted by Gasteiger charge is -1.98. The van der Waals surface area contributed by atoms with Gasteiger partial charge in [-0.25, -0.2) is 0 Å². The highest BCUT2D eigenvalue weighted by Crippen LogP contribution is 2.22.